The third-order valence-corrected chi connectivity index (χ3v) is 6.72. The molecule has 4 nitrogen and oxygen atoms in total. The molecule has 22 heavy (non-hydrogen) atoms. The maximum absolute atomic E-state index is 12.7. The van der Waals surface area contributed by atoms with Crippen LogP contribution >= 0.6 is 23.1 Å². The van der Waals surface area contributed by atoms with Crippen LogP contribution < -0.4 is 0 Å². The van der Waals surface area contributed by atoms with Crippen LogP contribution in [-0.2, 0) is 9.53 Å². The molecule has 6 heteroatoms. The number of carbonyl (C=O) groups is 1. The predicted octanol–water partition coefficient (Wildman–Crippen LogP) is 3.17. The van der Waals surface area contributed by atoms with Gasteiger partial charge in [0.2, 0.25) is 5.91 Å². The Kier molecular flexibility index (Phi) is 4.07. The van der Waals surface area contributed by atoms with Gasteiger partial charge >= 0.3 is 0 Å². The molecule has 1 aromatic heterocycles. The zero-order valence-electron chi connectivity index (χ0n) is 12.2. The van der Waals surface area contributed by atoms with Crippen LogP contribution in [0.25, 0.3) is 10.2 Å². The van der Waals surface area contributed by atoms with Crippen LogP contribution in [0.2, 0.25) is 0 Å². The molecule has 2 fully saturated rings. The van der Waals surface area contributed by atoms with E-state index in [1.54, 1.807) is 23.1 Å². The predicted molar refractivity (Wildman–Crippen MR) is 89.4 cm³/mol. The van der Waals surface area contributed by atoms with Crippen LogP contribution in [-0.4, -0.2) is 46.8 Å². The van der Waals surface area contributed by atoms with Crippen LogP contribution in [0, 0.1) is 0 Å². The van der Waals surface area contributed by atoms with Crippen molar-refractivity contribution in [1.29, 1.82) is 0 Å². The van der Waals surface area contributed by atoms with Gasteiger partial charge in [-0.05, 0) is 31.4 Å². The van der Waals surface area contributed by atoms with E-state index in [1.165, 1.54) is 4.70 Å². The molecule has 4 rings (SSSR count). The summed E-state index contributed by atoms with van der Waals surface area (Å²) in [6, 6.07) is 8.53. The fraction of sp³-hybridized carbons (Fsp3) is 0.500. The van der Waals surface area contributed by atoms with E-state index >= 15 is 0 Å². The highest BCUT2D eigenvalue weighted by atomic mass is 32.2. The molecule has 0 radical (unpaired) electrons. The minimum atomic E-state index is 0.0309. The highest BCUT2D eigenvalue weighted by Gasteiger charge is 2.37. The van der Waals surface area contributed by atoms with Crippen LogP contribution in [0.3, 0.4) is 0 Å². The lowest BCUT2D eigenvalue weighted by molar-refractivity contribution is -0.130. The monoisotopic (exact) mass is 334 g/mol. The lowest BCUT2D eigenvalue weighted by atomic mass is 10.1. The van der Waals surface area contributed by atoms with Gasteiger partial charge < -0.3 is 9.64 Å². The Morgan fingerprint density at radius 2 is 2.05 bits per heavy atom. The molecular formula is C16H18N2O2S2. The molecule has 3 heterocycles. The summed E-state index contributed by atoms with van der Waals surface area (Å²) >= 11 is 3.32. The highest BCUT2D eigenvalue weighted by molar-refractivity contribution is 8.02. The van der Waals surface area contributed by atoms with E-state index in [0.29, 0.717) is 6.04 Å². The van der Waals surface area contributed by atoms with E-state index in [0.717, 1.165) is 48.9 Å². The molecule has 1 aromatic carbocycles. The van der Waals surface area contributed by atoms with Gasteiger partial charge in [0.1, 0.15) is 0 Å². The number of thiazole rings is 1. The van der Waals surface area contributed by atoms with E-state index in [1.807, 2.05) is 18.2 Å². The van der Waals surface area contributed by atoms with Crippen molar-refractivity contribution in [3.8, 4) is 0 Å². The molecule has 2 aromatic rings. The zero-order chi connectivity index (χ0) is 14.9. The maximum atomic E-state index is 12.7. The summed E-state index contributed by atoms with van der Waals surface area (Å²) in [5.41, 5.74) is 1.03. The number of carbonyl (C=O) groups excluding carboxylic acids is 1. The molecule has 0 bridgehead atoms. The van der Waals surface area contributed by atoms with Gasteiger partial charge in [0, 0.05) is 25.8 Å². The second-order valence-corrected chi connectivity index (χ2v) is 8.20. The first-order valence-electron chi connectivity index (χ1n) is 7.72. The number of ether oxygens (including phenoxy) is 1. The van der Waals surface area contributed by atoms with Crippen LogP contribution in [0.4, 0.5) is 0 Å². The van der Waals surface area contributed by atoms with Gasteiger partial charge in [0.25, 0.3) is 0 Å². The van der Waals surface area contributed by atoms with Crippen LogP contribution in [0.1, 0.15) is 19.3 Å². The minimum absolute atomic E-state index is 0.0309. The molecule has 0 N–H and O–H groups in total. The Bertz CT molecular complexity index is 649. The van der Waals surface area contributed by atoms with Crippen LogP contribution in [0.15, 0.2) is 28.6 Å². The van der Waals surface area contributed by atoms with Crippen molar-refractivity contribution in [1.82, 2.24) is 9.88 Å². The number of hydrogen-bond donors (Lipinski definition) is 0. The van der Waals surface area contributed by atoms with Crippen molar-refractivity contribution >= 4 is 39.2 Å². The van der Waals surface area contributed by atoms with Crippen molar-refractivity contribution in [3.63, 3.8) is 0 Å². The van der Waals surface area contributed by atoms with Gasteiger partial charge in [-0.3, -0.25) is 4.79 Å². The molecule has 2 aliphatic heterocycles. The minimum Gasteiger partial charge on any atom is -0.381 e. The van der Waals surface area contributed by atoms with Crippen molar-refractivity contribution in [2.24, 2.45) is 0 Å². The number of thioether (sulfide) groups is 1. The molecule has 0 saturated carbocycles. The zero-order valence-corrected chi connectivity index (χ0v) is 13.9. The Morgan fingerprint density at radius 1 is 1.23 bits per heavy atom. The van der Waals surface area contributed by atoms with Crippen molar-refractivity contribution in [2.75, 3.05) is 19.8 Å². The van der Waals surface area contributed by atoms with E-state index < -0.39 is 0 Å². The number of nitrogens with zero attached hydrogens (tertiary/aromatic N) is 2. The molecule has 2 saturated heterocycles. The van der Waals surface area contributed by atoms with Gasteiger partial charge in [0.15, 0.2) is 4.34 Å². The third-order valence-electron chi connectivity index (χ3n) is 4.34. The molecule has 0 aliphatic carbocycles. The molecule has 0 spiro atoms. The summed E-state index contributed by atoms with van der Waals surface area (Å²) in [5, 5.41) is 0.0309. The molecule has 1 atom stereocenters. The van der Waals surface area contributed by atoms with Gasteiger partial charge in [-0.1, -0.05) is 23.9 Å². The molecule has 0 unspecified atom stereocenters. The third kappa shape index (κ3) is 2.75. The number of fused-ring (bicyclic) bond motifs is 1. The van der Waals surface area contributed by atoms with Crippen molar-refractivity contribution in [2.45, 2.75) is 34.9 Å². The lowest BCUT2D eigenvalue weighted by Crippen LogP contribution is -2.41. The Hall–Kier alpha value is -1.11. The van der Waals surface area contributed by atoms with E-state index in [9.17, 15) is 4.79 Å². The summed E-state index contributed by atoms with van der Waals surface area (Å²) in [6.45, 7) is 2.44. The normalized spacial score (nSPS) is 23.5. The van der Waals surface area contributed by atoms with Gasteiger partial charge in [-0.25, -0.2) is 4.98 Å². The number of aromatic nitrogens is 1. The van der Waals surface area contributed by atoms with E-state index in [2.05, 4.69) is 16.0 Å². The van der Waals surface area contributed by atoms with E-state index in [-0.39, 0.29) is 11.2 Å². The molecule has 2 aliphatic rings. The molecule has 116 valence electrons. The molecular weight excluding hydrogens is 316 g/mol. The number of para-hydroxylation sites is 1. The summed E-state index contributed by atoms with van der Waals surface area (Å²) in [4.78, 5) is 19.4. The number of amides is 1. The van der Waals surface area contributed by atoms with Gasteiger partial charge in [0.05, 0.1) is 15.5 Å². The largest absolute Gasteiger partial charge is 0.381 e. The second-order valence-electron chi connectivity index (χ2n) is 5.72. The SMILES string of the molecule is O=C1[C@@H](Sc2nc3ccccc3s2)CCN1C1CCOCC1. The first-order valence-corrected chi connectivity index (χ1v) is 9.41. The quantitative estimate of drug-likeness (QED) is 0.865. The van der Waals surface area contributed by atoms with Crippen molar-refractivity contribution in [3.05, 3.63) is 24.3 Å². The van der Waals surface area contributed by atoms with Gasteiger partial charge in [-0.15, -0.1) is 11.3 Å². The fourth-order valence-corrected chi connectivity index (χ4v) is 5.53. The number of benzene rings is 1. The standard InChI is InChI=1S/C16H18N2O2S2/c19-15-14(5-8-18(15)11-6-9-20-10-7-11)22-16-17-12-3-1-2-4-13(12)21-16/h1-4,11,14H,5-10H2/t14-/m0/s1. The summed E-state index contributed by atoms with van der Waals surface area (Å²) < 4.78 is 7.60. The number of rotatable bonds is 3. The maximum Gasteiger partial charge on any atom is 0.236 e. The number of likely N-dealkylation sites (tertiary alicyclic amines) is 1. The lowest BCUT2D eigenvalue weighted by Gasteiger charge is -2.31. The average Bonchev–Trinajstić information content (AvgIpc) is 3.12. The first-order chi connectivity index (χ1) is 10.8. The topological polar surface area (TPSA) is 42.4 Å². The summed E-state index contributed by atoms with van der Waals surface area (Å²) in [5.74, 6) is 0.288. The summed E-state index contributed by atoms with van der Waals surface area (Å²) in [6.07, 6.45) is 2.88. The molecule has 1 amide bonds. The first kappa shape index (κ1) is 14.5. The Labute approximate surface area is 137 Å². The number of hydrogen-bond acceptors (Lipinski definition) is 5. The van der Waals surface area contributed by atoms with Crippen molar-refractivity contribution < 1.29 is 9.53 Å². The van der Waals surface area contributed by atoms with E-state index in [4.69, 9.17) is 4.74 Å². The Morgan fingerprint density at radius 3 is 2.86 bits per heavy atom. The fourth-order valence-electron chi connectivity index (χ4n) is 3.17. The summed E-state index contributed by atoms with van der Waals surface area (Å²) in [7, 11) is 0. The average molecular weight is 334 g/mol. The van der Waals surface area contributed by atoms with Gasteiger partial charge in [-0.2, -0.15) is 0 Å². The highest BCUT2D eigenvalue weighted by Crippen LogP contribution is 2.36. The smallest absolute Gasteiger partial charge is 0.236 e. The second kappa shape index (κ2) is 6.18. The Balaban J connectivity index is 1.46. The van der Waals surface area contributed by atoms with Crippen LogP contribution in [0.5, 0.6) is 0 Å².